The molecular weight excluding hydrogens is 278 g/mol. The van der Waals surface area contributed by atoms with Crippen molar-refractivity contribution >= 4 is 25.1 Å². The Bertz CT molecular complexity index is 650. The quantitative estimate of drug-likeness (QED) is 0.766. The van der Waals surface area contributed by atoms with E-state index in [9.17, 15) is 9.18 Å². The van der Waals surface area contributed by atoms with Gasteiger partial charge in [0.2, 0.25) is 0 Å². The Kier molecular flexibility index (Phi) is 3.51. The Morgan fingerprint density at radius 2 is 2.33 bits per heavy atom. The summed E-state index contributed by atoms with van der Waals surface area (Å²) in [6, 6.07) is 6.18. The van der Waals surface area contributed by atoms with Crippen LogP contribution in [0.2, 0.25) is 0 Å². The van der Waals surface area contributed by atoms with Crippen LogP contribution in [0.3, 0.4) is 0 Å². The summed E-state index contributed by atoms with van der Waals surface area (Å²) in [5.74, 6) is -0.0338. The number of hydrogen-bond acceptors (Lipinski definition) is 5. The van der Waals surface area contributed by atoms with Crippen LogP contribution in [0, 0.1) is 5.82 Å². The number of cyclic esters (lactones) is 1. The van der Waals surface area contributed by atoms with Crippen LogP contribution >= 0.6 is 0 Å². The minimum absolute atomic E-state index is 0.156. The van der Waals surface area contributed by atoms with Gasteiger partial charge >= 0.3 is 6.09 Å². The molecule has 108 valence electrons. The molecule has 0 saturated carbocycles. The standard InChI is InChI=1S/C13H12BFN2O4/c14-10-2-1-8(5-11(10)15)17-6-9(21-13(17)18)7-19-12-3-4-20-16-12/h1-5,9H,6-7,14H2/t9-/m1/s1. The highest BCUT2D eigenvalue weighted by Crippen LogP contribution is 2.22. The van der Waals surface area contributed by atoms with Gasteiger partial charge in [-0.2, -0.15) is 0 Å². The SMILES string of the molecule is Bc1ccc(N2C[C@H](COc3ccon3)OC2=O)cc1F. The van der Waals surface area contributed by atoms with E-state index in [0.717, 1.165) is 0 Å². The first kappa shape index (κ1) is 13.5. The Hall–Kier alpha value is -2.51. The van der Waals surface area contributed by atoms with Crippen molar-refractivity contribution in [2.24, 2.45) is 0 Å². The normalized spacial score (nSPS) is 17.9. The molecule has 1 aromatic heterocycles. The third-order valence-electron chi connectivity index (χ3n) is 3.17. The van der Waals surface area contributed by atoms with Crippen molar-refractivity contribution in [1.29, 1.82) is 0 Å². The number of halogens is 1. The molecule has 1 fully saturated rings. The van der Waals surface area contributed by atoms with Crippen molar-refractivity contribution in [3.05, 3.63) is 36.3 Å². The Balaban J connectivity index is 1.65. The highest BCUT2D eigenvalue weighted by Gasteiger charge is 2.33. The molecule has 0 N–H and O–H groups in total. The van der Waals surface area contributed by atoms with E-state index in [4.69, 9.17) is 9.47 Å². The zero-order chi connectivity index (χ0) is 14.8. The molecule has 0 bridgehead atoms. The van der Waals surface area contributed by atoms with Gasteiger partial charge in [0.15, 0.2) is 6.10 Å². The summed E-state index contributed by atoms with van der Waals surface area (Å²) in [4.78, 5) is 13.2. The number of nitrogens with zero attached hydrogens (tertiary/aromatic N) is 2. The second-order valence-corrected chi connectivity index (χ2v) is 4.70. The van der Waals surface area contributed by atoms with Crippen molar-refractivity contribution in [3.8, 4) is 5.88 Å². The van der Waals surface area contributed by atoms with Crippen LogP contribution in [0.15, 0.2) is 35.1 Å². The molecule has 2 heterocycles. The average Bonchev–Trinajstić information content (AvgIpc) is 3.09. The molecule has 21 heavy (non-hydrogen) atoms. The van der Waals surface area contributed by atoms with Gasteiger partial charge in [0.25, 0.3) is 5.88 Å². The van der Waals surface area contributed by atoms with Crippen LogP contribution in [-0.4, -0.2) is 38.4 Å². The number of amides is 1. The molecule has 1 aromatic carbocycles. The van der Waals surface area contributed by atoms with E-state index in [1.165, 1.54) is 17.2 Å². The molecule has 0 aliphatic carbocycles. The average molecular weight is 290 g/mol. The number of hydrogen-bond donors (Lipinski definition) is 0. The van der Waals surface area contributed by atoms with Gasteiger partial charge < -0.3 is 14.0 Å². The molecule has 2 aromatic rings. The minimum Gasteiger partial charge on any atom is -0.471 e. The number of carbonyl (C=O) groups is 1. The van der Waals surface area contributed by atoms with E-state index in [1.54, 1.807) is 26.0 Å². The number of benzene rings is 1. The van der Waals surface area contributed by atoms with Gasteiger partial charge in [-0.05, 0) is 17.3 Å². The summed E-state index contributed by atoms with van der Waals surface area (Å²) < 4.78 is 28.7. The smallest absolute Gasteiger partial charge is 0.414 e. The fourth-order valence-corrected chi connectivity index (χ4v) is 2.02. The molecular formula is C13H12BFN2O4. The third kappa shape index (κ3) is 2.83. The van der Waals surface area contributed by atoms with E-state index in [0.29, 0.717) is 23.6 Å². The van der Waals surface area contributed by atoms with Gasteiger partial charge in [0.05, 0.1) is 12.2 Å². The van der Waals surface area contributed by atoms with Crippen LogP contribution in [0.25, 0.3) is 0 Å². The number of rotatable bonds is 4. The van der Waals surface area contributed by atoms with E-state index in [2.05, 4.69) is 9.68 Å². The van der Waals surface area contributed by atoms with E-state index >= 15 is 0 Å². The first-order valence-corrected chi connectivity index (χ1v) is 6.41. The lowest BCUT2D eigenvalue weighted by Crippen LogP contribution is -2.27. The van der Waals surface area contributed by atoms with Crippen molar-refractivity contribution in [2.45, 2.75) is 6.10 Å². The molecule has 0 spiro atoms. The zero-order valence-electron chi connectivity index (χ0n) is 11.3. The molecule has 0 radical (unpaired) electrons. The summed E-state index contributed by atoms with van der Waals surface area (Å²) in [5, 5.41) is 3.59. The van der Waals surface area contributed by atoms with E-state index in [-0.39, 0.29) is 12.4 Å². The van der Waals surface area contributed by atoms with Gasteiger partial charge in [-0.15, -0.1) is 0 Å². The molecule has 1 aliphatic heterocycles. The second-order valence-electron chi connectivity index (χ2n) is 4.70. The summed E-state index contributed by atoms with van der Waals surface area (Å²) >= 11 is 0. The van der Waals surface area contributed by atoms with Crippen LogP contribution in [0.5, 0.6) is 5.88 Å². The molecule has 1 aliphatic rings. The number of ether oxygens (including phenoxy) is 2. The maximum absolute atomic E-state index is 13.6. The lowest BCUT2D eigenvalue weighted by Gasteiger charge is -2.13. The Labute approximate surface area is 120 Å². The predicted octanol–water partition coefficient (Wildman–Crippen LogP) is 0.476. The highest BCUT2D eigenvalue weighted by molar-refractivity contribution is 6.32. The van der Waals surface area contributed by atoms with Gasteiger partial charge in [-0.3, -0.25) is 4.90 Å². The lowest BCUT2D eigenvalue weighted by atomic mass is 9.95. The van der Waals surface area contributed by atoms with Gasteiger partial charge in [-0.25, -0.2) is 9.18 Å². The molecule has 1 atom stereocenters. The number of carbonyl (C=O) groups excluding carboxylic acids is 1. The zero-order valence-corrected chi connectivity index (χ0v) is 11.3. The molecule has 3 rings (SSSR count). The predicted molar refractivity (Wildman–Crippen MR) is 74.2 cm³/mol. The van der Waals surface area contributed by atoms with Gasteiger partial charge in [-0.1, -0.05) is 11.5 Å². The molecule has 1 amide bonds. The summed E-state index contributed by atoms with van der Waals surface area (Å²) in [5.41, 5.74) is 0.990. The van der Waals surface area contributed by atoms with Crippen molar-refractivity contribution in [2.75, 3.05) is 18.1 Å². The summed E-state index contributed by atoms with van der Waals surface area (Å²) in [7, 11) is 1.66. The third-order valence-corrected chi connectivity index (χ3v) is 3.17. The lowest BCUT2D eigenvalue weighted by molar-refractivity contribution is 0.102. The molecule has 0 unspecified atom stereocenters. The minimum atomic E-state index is -0.521. The second kappa shape index (κ2) is 5.47. The highest BCUT2D eigenvalue weighted by atomic mass is 19.1. The Morgan fingerprint density at radius 1 is 1.48 bits per heavy atom. The van der Waals surface area contributed by atoms with Crippen LogP contribution in [-0.2, 0) is 4.74 Å². The molecule has 6 nitrogen and oxygen atoms in total. The fourth-order valence-electron chi connectivity index (χ4n) is 2.02. The van der Waals surface area contributed by atoms with Gasteiger partial charge in [0, 0.05) is 6.07 Å². The monoisotopic (exact) mass is 290 g/mol. The van der Waals surface area contributed by atoms with Crippen molar-refractivity contribution in [1.82, 2.24) is 5.16 Å². The number of anilines is 1. The Morgan fingerprint density at radius 3 is 3.05 bits per heavy atom. The maximum atomic E-state index is 13.6. The molecule has 1 saturated heterocycles. The van der Waals surface area contributed by atoms with E-state index < -0.39 is 12.2 Å². The molecule has 8 heteroatoms. The van der Waals surface area contributed by atoms with Crippen molar-refractivity contribution < 1.29 is 23.2 Å². The largest absolute Gasteiger partial charge is 0.471 e. The maximum Gasteiger partial charge on any atom is 0.414 e. The van der Waals surface area contributed by atoms with Crippen LogP contribution in [0.1, 0.15) is 0 Å². The van der Waals surface area contributed by atoms with Gasteiger partial charge in [0.1, 0.15) is 26.5 Å². The van der Waals surface area contributed by atoms with Crippen molar-refractivity contribution in [3.63, 3.8) is 0 Å². The first-order valence-electron chi connectivity index (χ1n) is 6.41. The van der Waals surface area contributed by atoms with Crippen LogP contribution in [0.4, 0.5) is 14.9 Å². The summed E-state index contributed by atoms with van der Waals surface area (Å²) in [6.45, 7) is 0.447. The topological polar surface area (TPSA) is 64.8 Å². The fraction of sp³-hybridized carbons (Fsp3) is 0.231. The number of aromatic nitrogens is 1. The van der Waals surface area contributed by atoms with E-state index in [1.807, 2.05) is 0 Å². The van der Waals surface area contributed by atoms with Crippen LogP contribution < -0.4 is 15.1 Å². The summed E-state index contributed by atoms with van der Waals surface area (Å²) in [6.07, 6.45) is 0.419. The first-order chi connectivity index (χ1) is 10.1.